The van der Waals surface area contributed by atoms with Crippen molar-refractivity contribution in [2.45, 2.75) is 40.5 Å². The van der Waals surface area contributed by atoms with Gasteiger partial charge in [-0.15, -0.1) is 0 Å². The second-order valence-electron chi connectivity index (χ2n) is 4.72. The highest BCUT2D eigenvalue weighted by Gasteiger charge is 2.39. The van der Waals surface area contributed by atoms with Crippen LogP contribution in [0.1, 0.15) is 40.5 Å². The molecule has 15 heavy (non-hydrogen) atoms. The van der Waals surface area contributed by atoms with Gasteiger partial charge >= 0.3 is 0 Å². The minimum Gasteiger partial charge on any atom is -0.384 e. The zero-order valence-electron chi connectivity index (χ0n) is 11.3. The topological polar surface area (TPSA) is 18.5 Å². The van der Waals surface area contributed by atoms with Crippen LogP contribution in [0.5, 0.6) is 0 Å². The molecule has 0 fully saturated rings. The van der Waals surface area contributed by atoms with Crippen LogP contribution in [-0.2, 0) is 9.47 Å². The Morgan fingerprint density at radius 1 is 0.867 bits per heavy atom. The summed E-state index contributed by atoms with van der Waals surface area (Å²) in [6, 6.07) is 0. The number of rotatable bonds is 8. The van der Waals surface area contributed by atoms with Gasteiger partial charge < -0.3 is 9.47 Å². The fourth-order valence-electron chi connectivity index (χ4n) is 2.45. The molecule has 0 saturated carbocycles. The molecule has 0 aliphatic carbocycles. The quantitative estimate of drug-likeness (QED) is 0.619. The van der Waals surface area contributed by atoms with Crippen molar-refractivity contribution in [1.82, 2.24) is 0 Å². The van der Waals surface area contributed by atoms with Gasteiger partial charge in [0, 0.05) is 19.6 Å². The third-order valence-electron chi connectivity index (χ3n) is 4.01. The molecule has 92 valence electrons. The normalized spacial score (nSPS) is 16.4. The van der Waals surface area contributed by atoms with Crippen molar-refractivity contribution >= 4 is 0 Å². The lowest BCUT2D eigenvalue weighted by molar-refractivity contribution is -0.0629. The lowest BCUT2D eigenvalue weighted by Gasteiger charge is -2.42. The molecule has 0 aromatic heterocycles. The first kappa shape index (κ1) is 14.9. The predicted molar refractivity (Wildman–Crippen MR) is 65.1 cm³/mol. The Kier molecular flexibility index (Phi) is 7.20. The molecule has 2 atom stereocenters. The van der Waals surface area contributed by atoms with Gasteiger partial charge in [0.2, 0.25) is 0 Å². The van der Waals surface area contributed by atoms with Crippen LogP contribution in [-0.4, -0.2) is 27.4 Å². The molecule has 0 heterocycles. The van der Waals surface area contributed by atoms with Gasteiger partial charge in [0.1, 0.15) is 0 Å². The Morgan fingerprint density at radius 2 is 1.20 bits per heavy atom. The van der Waals surface area contributed by atoms with E-state index in [0.717, 1.165) is 13.2 Å². The van der Waals surface area contributed by atoms with E-state index in [4.69, 9.17) is 9.47 Å². The third kappa shape index (κ3) is 3.46. The molecule has 0 aromatic rings. The van der Waals surface area contributed by atoms with Crippen molar-refractivity contribution in [3.63, 3.8) is 0 Å². The lowest BCUT2D eigenvalue weighted by atomic mass is 9.67. The van der Waals surface area contributed by atoms with Crippen LogP contribution in [0.2, 0.25) is 0 Å². The summed E-state index contributed by atoms with van der Waals surface area (Å²) in [6.45, 7) is 10.7. The van der Waals surface area contributed by atoms with Crippen molar-refractivity contribution in [2.24, 2.45) is 17.3 Å². The SMILES string of the molecule is CCC(C)C(COC)(COC)C(C)CC. The molecular weight excluding hydrogens is 188 g/mol. The van der Waals surface area contributed by atoms with Crippen LogP contribution >= 0.6 is 0 Å². The maximum absolute atomic E-state index is 5.43. The van der Waals surface area contributed by atoms with Crippen molar-refractivity contribution in [2.75, 3.05) is 27.4 Å². The van der Waals surface area contributed by atoms with Gasteiger partial charge in [0.15, 0.2) is 0 Å². The van der Waals surface area contributed by atoms with Gasteiger partial charge in [0.25, 0.3) is 0 Å². The van der Waals surface area contributed by atoms with E-state index in [1.807, 2.05) is 0 Å². The molecule has 0 bridgehead atoms. The highest BCUT2D eigenvalue weighted by atomic mass is 16.5. The van der Waals surface area contributed by atoms with Gasteiger partial charge in [-0.3, -0.25) is 0 Å². The number of hydrogen-bond donors (Lipinski definition) is 0. The number of methoxy groups -OCH3 is 2. The first-order valence-electron chi connectivity index (χ1n) is 6.06. The molecule has 0 N–H and O–H groups in total. The van der Waals surface area contributed by atoms with Crippen LogP contribution < -0.4 is 0 Å². The Hall–Kier alpha value is -0.0800. The van der Waals surface area contributed by atoms with E-state index in [-0.39, 0.29) is 5.41 Å². The Labute approximate surface area is 95.3 Å². The fourth-order valence-corrected chi connectivity index (χ4v) is 2.45. The van der Waals surface area contributed by atoms with Crippen molar-refractivity contribution < 1.29 is 9.47 Å². The van der Waals surface area contributed by atoms with Crippen LogP contribution in [0.25, 0.3) is 0 Å². The maximum atomic E-state index is 5.43. The summed E-state index contributed by atoms with van der Waals surface area (Å²) in [7, 11) is 3.57. The zero-order valence-corrected chi connectivity index (χ0v) is 11.3. The highest BCUT2D eigenvalue weighted by Crippen LogP contribution is 2.40. The van der Waals surface area contributed by atoms with Crippen LogP contribution in [0.4, 0.5) is 0 Å². The summed E-state index contributed by atoms with van der Waals surface area (Å²) in [5.41, 5.74) is 0.174. The van der Waals surface area contributed by atoms with Gasteiger partial charge in [-0.25, -0.2) is 0 Å². The third-order valence-corrected chi connectivity index (χ3v) is 4.01. The molecule has 0 radical (unpaired) electrons. The number of hydrogen-bond acceptors (Lipinski definition) is 2. The van der Waals surface area contributed by atoms with E-state index in [1.165, 1.54) is 12.8 Å². The molecule has 2 nitrogen and oxygen atoms in total. The summed E-state index contributed by atoms with van der Waals surface area (Å²) in [4.78, 5) is 0. The van der Waals surface area contributed by atoms with E-state index in [9.17, 15) is 0 Å². The minimum absolute atomic E-state index is 0.174. The van der Waals surface area contributed by atoms with Gasteiger partial charge in [-0.05, 0) is 11.8 Å². The molecule has 0 aromatic carbocycles. The molecular formula is C13H28O2. The summed E-state index contributed by atoms with van der Waals surface area (Å²) in [5.74, 6) is 1.26. The summed E-state index contributed by atoms with van der Waals surface area (Å²) in [5, 5.41) is 0. The fraction of sp³-hybridized carbons (Fsp3) is 1.00. The van der Waals surface area contributed by atoms with Crippen LogP contribution in [0.3, 0.4) is 0 Å². The second-order valence-corrected chi connectivity index (χ2v) is 4.72. The minimum atomic E-state index is 0.174. The van der Waals surface area contributed by atoms with Crippen molar-refractivity contribution in [3.8, 4) is 0 Å². The number of ether oxygens (including phenoxy) is 2. The van der Waals surface area contributed by atoms with Crippen LogP contribution in [0.15, 0.2) is 0 Å². The predicted octanol–water partition coefficient (Wildman–Crippen LogP) is 3.36. The molecule has 0 rings (SSSR count). The van der Waals surface area contributed by atoms with E-state index < -0.39 is 0 Å². The highest BCUT2D eigenvalue weighted by molar-refractivity contribution is 4.88. The average molecular weight is 216 g/mol. The van der Waals surface area contributed by atoms with Crippen LogP contribution in [0, 0.1) is 17.3 Å². The monoisotopic (exact) mass is 216 g/mol. The summed E-state index contributed by atoms with van der Waals surface area (Å²) >= 11 is 0. The van der Waals surface area contributed by atoms with E-state index in [1.54, 1.807) is 14.2 Å². The Bertz CT molecular complexity index is 139. The van der Waals surface area contributed by atoms with Gasteiger partial charge in [0.05, 0.1) is 13.2 Å². The first-order valence-corrected chi connectivity index (χ1v) is 6.06. The zero-order chi connectivity index (χ0) is 11.9. The smallest absolute Gasteiger partial charge is 0.0545 e. The van der Waals surface area contributed by atoms with E-state index in [2.05, 4.69) is 27.7 Å². The molecule has 0 amide bonds. The molecule has 0 aliphatic heterocycles. The van der Waals surface area contributed by atoms with E-state index in [0.29, 0.717) is 11.8 Å². The lowest BCUT2D eigenvalue weighted by Crippen LogP contribution is -2.43. The molecule has 2 heteroatoms. The molecule has 2 unspecified atom stereocenters. The largest absolute Gasteiger partial charge is 0.384 e. The molecule has 0 spiro atoms. The Morgan fingerprint density at radius 3 is 1.40 bits per heavy atom. The first-order chi connectivity index (χ1) is 7.08. The van der Waals surface area contributed by atoms with Gasteiger partial charge in [-0.1, -0.05) is 40.5 Å². The average Bonchev–Trinajstić information content (AvgIpc) is 2.26. The molecule has 0 aliphatic rings. The summed E-state index contributed by atoms with van der Waals surface area (Å²) < 4.78 is 10.9. The standard InChI is InChI=1S/C13H28O2/c1-7-11(3)13(9-14-5,10-15-6)12(4)8-2/h11-12H,7-10H2,1-6H3. The van der Waals surface area contributed by atoms with Crippen molar-refractivity contribution in [3.05, 3.63) is 0 Å². The Balaban J connectivity index is 4.86. The second kappa shape index (κ2) is 7.24. The maximum Gasteiger partial charge on any atom is 0.0545 e. The summed E-state index contributed by atoms with van der Waals surface area (Å²) in [6.07, 6.45) is 2.36. The molecule has 0 saturated heterocycles. The van der Waals surface area contributed by atoms with E-state index >= 15 is 0 Å². The van der Waals surface area contributed by atoms with Gasteiger partial charge in [-0.2, -0.15) is 0 Å². The van der Waals surface area contributed by atoms with Crippen molar-refractivity contribution in [1.29, 1.82) is 0 Å².